The summed E-state index contributed by atoms with van der Waals surface area (Å²) in [5.74, 6) is -1.13. The number of benzene rings is 1. The van der Waals surface area contributed by atoms with E-state index in [0.29, 0.717) is 10.6 Å². The molecular formula is C19H17ClF3NO3S. The maximum absolute atomic E-state index is 12.9. The number of thiophene rings is 1. The lowest BCUT2D eigenvalue weighted by Crippen LogP contribution is -2.12. The number of aryl methyl sites for hydroxylation is 1. The molecule has 0 bridgehead atoms. The van der Waals surface area contributed by atoms with Crippen molar-refractivity contribution in [1.29, 1.82) is 0 Å². The molecule has 0 saturated heterocycles. The number of halogens is 4. The fourth-order valence-electron chi connectivity index (χ4n) is 2.35. The second kappa shape index (κ2) is 8.79. The minimum atomic E-state index is -4.59. The molecular weight excluding hydrogens is 415 g/mol. The van der Waals surface area contributed by atoms with Crippen LogP contribution in [0.1, 0.15) is 38.8 Å². The monoisotopic (exact) mass is 431 g/mol. The zero-order valence-corrected chi connectivity index (χ0v) is 16.8. The summed E-state index contributed by atoms with van der Waals surface area (Å²) in [7, 11) is 0. The number of carbonyl (C=O) groups is 2. The Bertz CT molecular complexity index is 935. The summed E-state index contributed by atoms with van der Waals surface area (Å²) in [6, 6.07) is 3.34. The molecule has 1 aromatic heterocycles. The molecule has 0 fully saturated rings. The summed E-state index contributed by atoms with van der Waals surface area (Å²) in [5, 5.41) is 2.49. The van der Waals surface area contributed by atoms with Crippen LogP contribution in [-0.4, -0.2) is 18.5 Å². The highest BCUT2D eigenvalue weighted by molar-refractivity contribution is 7.16. The first-order valence-corrected chi connectivity index (χ1v) is 9.37. The first-order chi connectivity index (χ1) is 13.0. The molecule has 150 valence electrons. The number of esters is 1. The molecule has 28 heavy (non-hydrogen) atoms. The topological polar surface area (TPSA) is 55.4 Å². The average molecular weight is 432 g/mol. The molecule has 2 rings (SSSR count). The number of anilines is 1. The van der Waals surface area contributed by atoms with Crippen LogP contribution >= 0.6 is 22.9 Å². The van der Waals surface area contributed by atoms with Gasteiger partial charge in [-0.15, -0.1) is 11.3 Å². The second-order valence-electron chi connectivity index (χ2n) is 5.77. The molecule has 2 aromatic rings. The summed E-state index contributed by atoms with van der Waals surface area (Å²) in [4.78, 5) is 25.2. The molecule has 0 radical (unpaired) electrons. The fraction of sp³-hybridized carbons (Fsp3) is 0.263. The highest BCUT2D eigenvalue weighted by Crippen LogP contribution is 2.35. The number of hydrogen-bond acceptors (Lipinski definition) is 4. The lowest BCUT2D eigenvalue weighted by atomic mass is 10.1. The highest BCUT2D eigenvalue weighted by atomic mass is 35.5. The van der Waals surface area contributed by atoms with Gasteiger partial charge in [-0.1, -0.05) is 17.7 Å². The van der Waals surface area contributed by atoms with Crippen molar-refractivity contribution in [1.82, 2.24) is 0 Å². The molecule has 0 aliphatic heterocycles. The van der Waals surface area contributed by atoms with Gasteiger partial charge in [0, 0.05) is 11.0 Å². The van der Waals surface area contributed by atoms with Gasteiger partial charge in [0.1, 0.15) is 5.00 Å². The molecule has 0 saturated carbocycles. The van der Waals surface area contributed by atoms with Crippen LogP contribution in [0.4, 0.5) is 18.2 Å². The van der Waals surface area contributed by atoms with Gasteiger partial charge in [0.05, 0.1) is 22.8 Å². The summed E-state index contributed by atoms with van der Waals surface area (Å²) in [6.07, 6.45) is -2.27. The third-order valence-electron chi connectivity index (χ3n) is 3.82. The van der Waals surface area contributed by atoms with E-state index in [4.69, 9.17) is 16.3 Å². The van der Waals surface area contributed by atoms with Gasteiger partial charge in [-0.05, 0) is 50.1 Å². The van der Waals surface area contributed by atoms with Crippen molar-refractivity contribution >= 4 is 45.9 Å². The van der Waals surface area contributed by atoms with Crippen LogP contribution in [0.2, 0.25) is 5.02 Å². The Hall–Kier alpha value is -2.32. The van der Waals surface area contributed by atoms with E-state index >= 15 is 0 Å². The largest absolute Gasteiger partial charge is 0.462 e. The van der Waals surface area contributed by atoms with Gasteiger partial charge < -0.3 is 10.1 Å². The standard InChI is InChI=1S/C19H17ClF3NO3S/c1-4-27-18(26)16-10(2)11(3)28-17(16)24-15(25)8-6-12-5-7-14(20)13(9-12)19(21,22)23/h5-9H,4H2,1-3H3,(H,24,25)/b8-6+. The molecule has 1 heterocycles. The van der Waals surface area contributed by atoms with Crippen molar-refractivity contribution in [3.63, 3.8) is 0 Å². The van der Waals surface area contributed by atoms with E-state index in [-0.39, 0.29) is 17.7 Å². The van der Waals surface area contributed by atoms with Crippen LogP contribution in [0.5, 0.6) is 0 Å². The molecule has 0 unspecified atom stereocenters. The molecule has 1 aromatic carbocycles. The summed E-state index contributed by atoms with van der Waals surface area (Å²) < 4.78 is 43.7. The number of ether oxygens (including phenoxy) is 1. The van der Waals surface area contributed by atoms with E-state index in [1.54, 1.807) is 20.8 Å². The van der Waals surface area contributed by atoms with Crippen molar-refractivity contribution < 1.29 is 27.5 Å². The van der Waals surface area contributed by atoms with Crippen LogP contribution in [0, 0.1) is 13.8 Å². The highest BCUT2D eigenvalue weighted by Gasteiger charge is 2.33. The molecule has 0 aliphatic carbocycles. The number of alkyl halides is 3. The maximum Gasteiger partial charge on any atom is 0.417 e. The Labute approximate surface area is 169 Å². The smallest absolute Gasteiger partial charge is 0.417 e. The number of amides is 1. The Kier molecular flexibility index (Phi) is 6.90. The summed E-state index contributed by atoms with van der Waals surface area (Å²) in [5.41, 5.74) is 0.161. The minimum absolute atomic E-state index is 0.163. The summed E-state index contributed by atoms with van der Waals surface area (Å²) in [6.45, 7) is 5.42. The fourth-order valence-corrected chi connectivity index (χ4v) is 3.63. The predicted molar refractivity (Wildman–Crippen MR) is 104 cm³/mol. The number of hydrogen-bond donors (Lipinski definition) is 1. The van der Waals surface area contributed by atoms with Gasteiger partial charge in [0.15, 0.2) is 0 Å². The third kappa shape index (κ3) is 5.14. The number of nitrogens with one attached hydrogen (secondary N) is 1. The van der Waals surface area contributed by atoms with Gasteiger partial charge in [-0.25, -0.2) is 4.79 Å². The Morgan fingerprint density at radius 2 is 1.96 bits per heavy atom. The van der Waals surface area contributed by atoms with Crippen LogP contribution in [-0.2, 0) is 15.7 Å². The Morgan fingerprint density at radius 3 is 2.57 bits per heavy atom. The SMILES string of the molecule is CCOC(=O)c1c(NC(=O)/C=C/c2ccc(Cl)c(C(F)(F)F)c2)sc(C)c1C. The van der Waals surface area contributed by atoms with E-state index in [1.807, 2.05) is 0 Å². The van der Waals surface area contributed by atoms with Gasteiger partial charge in [0.25, 0.3) is 0 Å². The minimum Gasteiger partial charge on any atom is -0.462 e. The van der Waals surface area contributed by atoms with Gasteiger partial charge >= 0.3 is 12.1 Å². The summed E-state index contributed by atoms with van der Waals surface area (Å²) >= 11 is 6.80. The van der Waals surface area contributed by atoms with E-state index < -0.39 is 28.6 Å². The van der Waals surface area contributed by atoms with Gasteiger partial charge in [-0.2, -0.15) is 13.2 Å². The Morgan fingerprint density at radius 1 is 1.29 bits per heavy atom. The van der Waals surface area contributed by atoms with Crippen molar-refractivity contribution in [3.8, 4) is 0 Å². The van der Waals surface area contributed by atoms with Crippen LogP contribution in [0.25, 0.3) is 6.08 Å². The van der Waals surface area contributed by atoms with Crippen LogP contribution < -0.4 is 5.32 Å². The molecule has 0 atom stereocenters. The van der Waals surface area contributed by atoms with E-state index in [1.165, 1.54) is 23.5 Å². The van der Waals surface area contributed by atoms with Crippen LogP contribution in [0.15, 0.2) is 24.3 Å². The lowest BCUT2D eigenvalue weighted by Gasteiger charge is -2.09. The van der Waals surface area contributed by atoms with Crippen molar-refractivity contribution in [2.75, 3.05) is 11.9 Å². The van der Waals surface area contributed by atoms with Crippen molar-refractivity contribution in [2.45, 2.75) is 26.9 Å². The van der Waals surface area contributed by atoms with Crippen molar-refractivity contribution in [3.05, 3.63) is 56.4 Å². The molecule has 4 nitrogen and oxygen atoms in total. The zero-order valence-electron chi connectivity index (χ0n) is 15.2. The van der Waals surface area contributed by atoms with E-state index in [9.17, 15) is 22.8 Å². The van der Waals surface area contributed by atoms with Gasteiger partial charge in [0.2, 0.25) is 5.91 Å². The van der Waals surface area contributed by atoms with E-state index in [0.717, 1.165) is 23.1 Å². The number of rotatable bonds is 5. The molecule has 0 aliphatic rings. The van der Waals surface area contributed by atoms with Gasteiger partial charge in [-0.3, -0.25) is 4.79 Å². The molecule has 1 N–H and O–H groups in total. The van der Waals surface area contributed by atoms with E-state index in [2.05, 4.69) is 5.32 Å². The second-order valence-corrected chi connectivity index (χ2v) is 7.40. The normalized spacial score (nSPS) is 11.7. The lowest BCUT2D eigenvalue weighted by molar-refractivity contribution is -0.137. The molecule has 9 heteroatoms. The Balaban J connectivity index is 2.22. The maximum atomic E-state index is 12.9. The predicted octanol–water partition coefficient (Wildman–Crippen LogP) is 5.87. The zero-order chi connectivity index (χ0) is 21.1. The third-order valence-corrected chi connectivity index (χ3v) is 5.28. The van der Waals surface area contributed by atoms with Crippen LogP contribution in [0.3, 0.4) is 0 Å². The quantitative estimate of drug-likeness (QED) is 0.476. The average Bonchev–Trinajstić information content (AvgIpc) is 2.87. The molecule has 0 spiro atoms. The first-order valence-electron chi connectivity index (χ1n) is 8.17. The molecule has 1 amide bonds. The number of carbonyl (C=O) groups excluding carboxylic acids is 2. The van der Waals surface area contributed by atoms with Crippen molar-refractivity contribution in [2.24, 2.45) is 0 Å². The first kappa shape index (κ1) is 22.0.